The molecule has 0 unspecified atom stereocenters. The molecule has 0 fully saturated rings. The van der Waals surface area contributed by atoms with Crippen LogP contribution in [0.1, 0.15) is 5.69 Å². The van der Waals surface area contributed by atoms with Crippen LogP contribution in [-0.4, -0.2) is 19.5 Å². The van der Waals surface area contributed by atoms with Crippen LogP contribution in [0.4, 0.5) is 0 Å². The van der Waals surface area contributed by atoms with Gasteiger partial charge in [-0.3, -0.25) is 9.38 Å². The third kappa shape index (κ3) is 1.53. The molecular weight excluding hydrogens is 270 g/mol. The number of aromatic hydroxyl groups is 1. The van der Waals surface area contributed by atoms with Crippen LogP contribution in [-0.2, 0) is 0 Å². The van der Waals surface area contributed by atoms with Gasteiger partial charge < -0.3 is 5.11 Å². The van der Waals surface area contributed by atoms with Gasteiger partial charge in [-0.2, -0.15) is 0 Å². The average molecular weight is 281 g/mol. The van der Waals surface area contributed by atoms with Crippen LogP contribution in [0.5, 0.6) is 5.88 Å². The number of fused-ring (bicyclic) bond motifs is 3. The van der Waals surface area contributed by atoms with E-state index in [-0.39, 0.29) is 5.88 Å². The minimum Gasteiger partial charge on any atom is -0.493 e. The van der Waals surface area contributed by atoms with Crippen molar-refractivity contribution in [2.45, 2.75) is 6.92 Å². The lowest BCUT2D eigenvalue weighted by Crippen LogP contribution is -1.91. The molecule has 0 spiro atoms. The van der Waals surface area contributed by atoms with Crippen molar-refractivity contribution in [3.63, 3.8) is 0 Å². The van der Waals surface area contributed by atoms with Crippen molar-refractivity contribution in [1.29, 1.82) is 0 Å². The molecule has 1 N–H and O–H groups in total. The van der Waals surface area contributed by atoms with Crippen LogP contribution in [0.2, 0.25) is 0 Å². The number of thiophene rings is 1. The van der Waals surface area contributed by atoms with E-state index in [0.717, 1.165) is 16.6 Å². The second-order valence-electron chi connectivity index (χ2n) is 4.65. The Kier molecular flexibility index (Phi) is 2.31. The summed E-state index contributed by atoms with van der Waals surface area (Å²) in [6, 6.07) is 10.2. The Morgan fingerprint density at radius 2 is 2.15 bits per heavy atom. The van der Waals surface area contributed by atoms with E-state index >= 15 is 0 Å². The molecular formula is C15H11N3OS. The maximum absolute atomic E-state index is 10.2. The Morgan fingerprint density at radius 1 is 1.25 bits per heavy atom. The second-order valence-corrected chi connectivity index (χ2v) is 5.60. The largest absolute Gasteiger partial charge is 0.493 e. The molecule has 0 aliphatic rings. The van der Waals surface area contributed by atoms with E-state index in [1.165, 1.54) is 4.88 Å². The van der Waals surface area contributed by atoms with Crippen molar-refractivity contribution in [1.82, 2.24) is 14.4 Å². The summed E-state index contributed by atoms with van der Waals surface area (Å²) in [6.45, 7) is 1.79. The van der Waals surface area contributed by atoms with E-state index in [0.29, 0.717) is 11.3 Å². The quantitative estimate of drug-likeness (QED) is 0.579. The maximum Gasteiger partial charge on any atom is 0.219 e. The molecule has 4 rings (SSSR count). The van der Waals surface area contributed by atoms with Gasteiger partial charge in [0.1, 0.15) is 5.69 Å². The minimum absolute atomic E-state index is 0.177. The molecule has 0 atom stereocenters. The molecule has 0 saturated carbocycles. The lowest BCUT2D eigenvalue weighted by Gasteiger charge is -2.05. The first kappa shape index (κ1) is 11.4. The van der Waals surface area contributed by atoms with Gasteiger partial charge in [-0.1, -0.05) is 12.1 Å². The number of benzene rings is 1. The summed E-state index contributed by atoms with van der Waals surface area (Å²) in [5.41, 5.74) is 4.10. The zero-order chi connectivity index (χ0) is 13.7. The Hall–Kier alpha value is -2.40. The van der Waals surface area contributed by atoms with E-state index in [1.54, 1.807) is 28.9 Å². The zero-order valence-corrected chi connectivity index (χ0v) is 11.6. The first-order valence-electron chi connectivity index (χ1n) is 6.25. The van der Waals surface area contributed by atoms with Gasteiger partial charge in [0.15, 0.2) is 5.65 Å². The highest BCUT2D eigenvalue weighted by Gasteiger charge is 2.11. The summed E-state index contributed by atoms with van der Waals surface area (Å²) in [5.74, 6) is 0.177. The second kappa shape index (κ2) is 4.05. The summed E-state index contributed by atoms with van der Waals surface area (Å²) >= 11 is 1.69. The van der Waals surface area contributed by atoms with Crippen molar-refractivity contribution >= 4 is 28.0 Å². The number of nitrogens with zero attached hydrogens (tertiary/aromatic N) is 3. The van der Waals surface area contributed by atoms with Gasteiger partial charge in [0.25, 0.3) is 0 Å². The third-order valence-electron chi connectivity index (χ3n) is 3.39. The standard InChI is InChI=1S/C15H11N3OS/c1-9-15(19)18-12-7-10(13-3-2-6-20-13)4-5-11(12)16-8-14(18)17-9/h2-8,19H,1H3. The molecule has 0 saturated heterocycles. The fourth-order valence-electron chi connectivity index (χ4n) is 2.40. The summed E-state index contributed by atoms with van der Waals surface area (Å²) in [4.78, 5) is 9.90. The van der Waals surface area contributed by atoms with Gasteiger partial charge in [0.05, 0.1) is 17.2 Å². The predicted octanol–water partition coefficient (Wildman–Crippen LogP) is 3.63. The molecule has 4 nitrogen and oxygen atoms in total. The monoisotopic (exact) mass is 281 g/mol. The van der Waals surface area contributed by atoms with E-state index in [4.69, 9.17) is 0 Å². The molecule has 3 aromatic heterocycles. The van der Waals surface area contributed by atoms with Gasteiger partial charge in [0, 0.05) is 4.88 Å². The fraction of sp³-hybridized carbons (Fsp3) is 0.0667. The number of rotatable bonds is 1. The highest BCUT2D eigenvalue weighted by Crippen LogP contribution is 2.29. The topological polar surface area (TPSA) is 50.4 Å². The third-order valence-corrected chi connectivity index (χ3v) is 4.31. The Labute approximate surface area is 119 Å². The van der Waals surface area contributed by atoms with Crippen molar-refractivity contribution in [2.24, 2.45) is 0 Å². The molecule has 4 aromatic rings. The van der Waals surface area contributed by atoms with Gasteiger partial charge in [0.2, 0.25) is 5.88 Å². The van der Waals surface area contributed by atoms with Crippen LogP contribution in [0.15, 0.2) is 41.9 Å². The lowest BCUT2D eigenvalue weighted by molar-refractivity contribution is 0.446. The normalized spacial score (nSPS) is 11.4. The highest BCUT2D eigenvalue weighted by atomic mass is 32.1. The fourth-order valence-corrected chi connectivity index (χ4v) is 3.13. The first-order valence-corrected chi connectivity index (χ1v) is 7.12. The van der Waals surface area contributed by atoms with Gasteiger partial charge >= 0.3 is 0 Å². The molecule has 3 heterocycles. The van der Waals surface area contributed by atoms with Crippen LogP contribution in [0.3, 0.4) is 0 Å². The highest BCUT2D eigenvalue weighted by molar-refractivity contribution is 7.13. The van der Waals surface area contributed by atoms with Crippen LogP contribution < -0.4 is 0 Å². The molecule has 0 aliphatic heterocycles. The Bertz CT molecular complexity index is 925. The first-order chi connectivity index (χ1) is 9.74. The Balaban J connectivity index is 2.11. The molecule has 98 valence electrons. The number of hydrogen-bond acceptors (Lipinski definition) is 4. The molecule has 1 aromatic carbocycles. The van der Waals surface area contributed by atoms with Crippen molar-refractivity contribution < 1.29 is 5.11 Å². The smallest absolute Gasteiger partial charge is 0.219 e. The molecule has 0 aliphatic carbocycles. The van der Waals surface area contributed by atoms with Crippen molar-refractivity contribution in [2.75, 3.05) is 0 Å². The molecule has 0 radical (unpaired) electrons. The van der Waals surface area contributed by atoms with Crippen LogP contribution >= 0.6 is 11.3 Å². The summed E-state index contributed by atoms with van der Waals surface area (Å²) in [7, 11) is 0. The van der Waals surface area contributed by atoms with E-state index < -0.39 is 0 Å². The molecule has 0 amide bonds. The van der Waals surface area contributed by atoms with E-state index in [1.807, 2.05) is 24.3 Å². The van der Waals surface area contributed by atoms with Crippen molar-refractivity contribution in [3.05, 3.63) is 47.6 Å². The summed E-state index contributed by atoms with van der Waals surface area (Å²) < 4.78 is 1.74. The Morgan fingerprint density at radius 3 is 2.95 bits per heavy atom. The number of imidazole rings is 1. The van der Waals surface area contributed by atoms with Gasteiger partial charge in [-0.25, -0.2) is 4.98 Å². The van der Waals surface area contributed by atoms with E-state index in [9.17, 15) is 5.11 Å². The predicted molar refractivity (Wildman–Crippen MR) is 80.2 cm³/mol. The molecule has 20 heavy (non-hydrogen) atoms. The number of hydrogen-bond donors (Lipinski definition) is 1. The number of aryl methyl sites for hydroxylation is 1. The van der Waals surface area contributed by atoms with Crippen LogP contribution in [0, 0.1) is 6.92 Å². The van der Waals surface area contributed by atoms with E-state index in [2.05, 4.69) is 21.4 Å². The SMILES string of the molecule is Cc1nc2cnc3ccc(-c4cccs4)cc3n2c1O. The molecule has 5 heteroatoms. The zero-order valence-electron chi connectivity index (χ0n) is 10.7. The van der Waals surface area contributed by atoms with Crippen molar-refractivity contribution in [3.8, 4) is 16.3 Å². The summed E-state index contributed by atoms with van der Waals surface area (Å²) in [5, 5.41) is 12.2. The maximum atomic E-state index is 10.2. The van der Waals surface area contributed by atoms with Gasteiger partial charge in [-0.05, 0) is 36.1 Å². The average Bonchev–Trinajstić information content (AvgIpc) is 3.08. The van der Waals surface area contributed by atoms with Gasteiger partial charge in [-0.15, -0.1) is 11.3 Å². The number of aromatic nitrogens is 3. The molecule has 0 bridgehead atoms. The van der Waals surface area contributed by atoms with Crippen LogP contribution in [0.25, 0.3) is 27.1 Å². The lowest BCUT2D eigenvalue weighted by atomic mass is 10.1. The minimum atomic E-state index is 0.177. The summed E-state index contributed by atoms with van der Waals surface area (Å²) in [6.07, 6.45) is 1.68.